The Kier molecular flexibility index (Phi) is 4.50. The number of unbranched alkanes of at least 4 members (excludes halogenated alkanes) is 1. The number of ketones is 1. The summed E-state index contributed by atoms with van der Waals surface area (Å²) in [7, 11) is 1.44. The predicted molar refractivity (Wildman–Crippen MR) is 63.3 cm³/mol. The SMILES string of the molecule is CCCCC(=O)c1cccc(S(=O)(=O)Cl)c1. The molecular weight excluding hydrogens is 248 g/mol. The van der Waals surface area contributed by atoms with Crippen LogP contribution in [0.25, 0.3) is 0 Å². The average Bonchev–Trinajstić information content (AvgIpc) is 2.25. The van der Waals surface area contributed by atoms with Crippen LogP contribution in [0.3, 0.4) is 0 Å². The lowest BCUT2D eigenvalue weighted by molar-refractivity contribution is 0.0979. The Balaban J connectivity index is 2.95. The van der Waals surface area contributed by atoms with Gasteiger partial charge in [0.25, 0.3) is 9.05 Å². The zero-order valence-corrected chi connectivity index (χ0v) is 10.5. The van der Waals surface area contributed by atoms with E-state index < -0.39 is 9.05 Å². The highest BCUT2D eigenvalue weighted by atomic mass is 35.7. The van der Waals surface area contributed by atoms with Crippen molar-refractivity contribution >= 4 is 25.5 Å². The first-order valence-corrected chi connectivity index (χ1v) is 7.34. The van der Waals surface area contributed by atoms with Crippen molar-refractivity contribution in [2.75, 3.05) is 0 Å². The van der Waals surface area contributed by atoms with E-state index in [4.69, 9.17) is 10.7 Å². The summed E-state index contributed by atoms with van der Waals surface area (Å²) in [5, 5.41) is 0. The monoisotopic (exact) mass is 260 g/mol. The van der Waals surface area contributed by atoms with Gasteiger partial charge in [0.2, 0.25) is 0 Å². The molecule has 88 valence electrons. The maximum absolute atomic E-state index is 11.6. The van der Waals surface area contributed by atoms with E-state index in [1.54, 1.807) is 6.07 Å². The Labute approximate surface area is 99.9 Å². The lowest BCUT2D eigenvalue weighted by atomic mass is 10.1. The summed E-state index contributed by atoms with van der Waals surface area (Å²) in [5.41, 5.74) is 0.398. The molecule has 0 fully saturated rings. The Bertz CT molecular complexity index is 480. The molecule has 0 aliphatic carbocycles. The highest BCUT2D eigenvalue weighted by Gasteiger charge is 2.12. The van der Waals surface area contributed by atoms with E-state index in [1.165, 1.54) is 18.2 Å². The highest BCUT2D eigenvalue weighted by Crippen LogP contribution is 2.17. The quantitative estimate of drug-likeness (QED) is 0.604. The first-order chi connectivity index (χ1) is 7.45. The number of benzene rings is 1. The number of halogens is 1. The second kappa shape index (κ2) is 5.46. The molecule has 0 unspecified atom stereocenters. The molecule has 0 aliphatic heterocycles. The molecule has 0 aromatic heterocycles. The number of carbonyl (C=O) groups excluding carboxylic acids is 1. The number of hydrogen-bond acceptors (Lipinski definition) is 3. The molecule has 5 heteroatoms. The lowest BCUT2D eigenvalue weighted by Crippen LogP contribution is -2.00. The van der Waals surface area contributed by atoms with Crippen LogP contribution in [-0.4, -0.2) is 14.2 Å². The van der Waals surface area contributed by atoms with Crippen molar-refractivity contribution in [1.82, 2.24) is 0 Å². The standard InChI is InChI=1S/C11H13ClO3S/c1-2-3-7-11(13)9-5-4-6-10(8-9)16(12,14)15/h4-6,8H,2-3,7H2,1H3. The Morgan fingerprint density at radius 1 is 1.38 bits per heavy atom. The van der Waals surface area contributed by atoms with Crippen LogP contribution in [0.1, 0.15) is 36.5 Å². The van der Waals surface area contributed by atoms with E-state index >= 15 is 0 Å². The molecule has 3 nitrogen and oxygen atoms in total. The summed E-state index contributed by atoms with van der Waals surface area (Å²) < 4.78 is 22.2. The van der Waals surface area contributed by atoms with Crippen molar-refractivity contribution in [3.63, 3.8) is 0 Å². The first kappa shape index (κ1) is 13.2. The van der Waals surface area contributed by atoms with E-state index in [-0.39, 0.29) is 10.7 Å². The molecule has 0 radical (unpaired) electrons. The normalized spacial score (nSPS) is 11.4. The van der Waals surface area contributed by atoms with Crippen LogP contribution in [0.2, 0.25) is 0 Å². The van der Waals surface area contributed by atoms with Gasteiger partial charge in [-0.05, 0) is 18.6 Å². The van der Waals surface area contributed by atoms with Crippen molar-refractivity contribution in [2.24, 2.45) is 0 Å². The molecule has 1 aromatic carbocycles. The summed E-state index contributed by atoms with van der Waals surface area (Å²) in [5.74, 6) is -0.0518. The van der Waals surface area contributed by atoms with Crippen LogP contribution < -0.4 is 0 Å². The zero-order valence-electron chi connectivity index (χ0n) is 8.94. The fourth-order valence-corrected chi connectivity index (χ4v) is 2.10. The molecular formula is C11H13ClO3S. The van der Waals surface area contributed by atoms with E-state index in [0.29, 0.717) is 12.0 Å². The van der Waals surface area contributed by atoms with E-state index in [0.717, 1.165) is 12.8 Å². The van der Waals surface area contributed by atoms with Crippen molar-refractivity contribution in [2.45, 2.75) is 31.1 Å². The van der Waals surface area contributed by atoms with Gasteiger partial charge in [0.05, 0.1) is 4.90 Å². The second-order valence-corrected chi connectivity index (χ2v) is 6.06. The van der Waals surface area contributed by atoms with Gasteiger partial charge in [-0.2, -0.15) is 0 Å². The molecule has 0 aliphatic rings. The molecule has 0 saturated carbocycles. The van der Waals surface area contributed by atoms with Gasteiger partial charge in [0.1, 0.15) is 0 Å². The van der Waals surface area contributed by atoms with Crippen LogP contribution in [-0.2, 0) is 9.05 Å². The Hall–Kier alpha value is -0.870. The zero-order chi connectivity index (χ0) is 12.2. The van der Waals surface area contributed by atoms with Crippen molar-refractivity contribution in [3.05, 3.63) is 29.8 Å². The average molecular weight is 261 g/mol. The topological polar surface area (TPSA) is 51.2 Å². The predicted octanol–water partition coefficient (Wildman–Crippen LogP) is 2.99. The number of hydrogen-bond donors (Lipinski definition) is 0. The minimum atomic E-state index is -3.76. The van der Waals surface area contributed by atoms with Crippen LogP contribution >= 0.6 is 10.7 Å². The minimum absolute atomic E-state index is 0.0310. The van der Waals surface area contributed by atoms with Gasteiger partial charge in [-0.15, -0.1) is 0 Å². The molecule has 0 atom stereocenters. The third-order valence-electron chi connectivity index (χ3n) is 2.19. The maximum atomic E-state index is 11.6. The summed E-state index contributed by atoms with van der Waals surface area (Å²) in [6.45, 7) is 1.99. The molecule has 0 bridgehead atoms. The van der Waals surface area contributed by atoms with Gasteiger partial charge in [-0.1, -0.05) is 25.5 Å². The molecule has 0 spiro atoms. The van der Waals surface area contributed by atoms with Gasteiger partial charge in [0.15, 0.2) is 5.78 Å². The van der Waals surface area contributed by atoms with Gasteiger partial charge in [-0.25, -0.2) is 8.42 Å². The number of rotatable bonds is 5. The van der Waals surface area contributed by atoms with Crippen LogP contribution in [0.15, 0.2) is 29.2 Å². The van der Waals surface area contributed by atoms with Gasteiger partial charge in [-0.3, -0.25) is 4.79 Å². The van der Waals surface area contributed by atoms with Crippen LogP contribution in [0, 0.1) is 0 Å². The second-order valence-electron chi connectivity index (χ2n) is 3.49. The maximum Gasteiger partial charge on any atom is 0.261 e. The molecule has 0 amide bonds. The van der Waals surface area contributed by atoms with Gasteiger partial charge >= 0.3 is 0 Å². The Morgan fingerprint density at radius 2 is 2.06 bits per heavy atom. The number of carbonyl (C=O) groups is 1. The van der Waals surface area contributed by atoms with E-state index in [2.05, 4.69) is 0 Å². The van der Waals surface area contributed by atoms with Crippen LogP contribution in [0.4, 0.5) is 0 Å². The molecule has 1 rings (SSSR count). The lowest BCUT2D eigenvalue weighted by Gasteiger charge is -2.01. The Morgan fingerprint density at radius 3 is 2.62 bits per heavy atom. The molecule has 0 saturated heterocycles. The molecule has 0 heterocycles. The first-order valence-electron chi connectivity index (χ1n) is 5.03. The summed E-state index contributed by atoms with van der Waals surface area (Å²) in [4.78, 5) is 11.6. The van der Waals surface area contributed by atoms with Crippen molar-refractivity contribution in [1.29, 1.82) is 0 Å². The van der Waals surface area contributed by atoms with Crippen LogP contribution in [0.5, 0.6) is 0 Å². The highest BCUT2D eigenvalue weighted by molar-refractivity contribution is 8.13. The van der Waals surface area contributed by atoms with E-state index in [1.807, 2.05) is 6.92 Å². The summed E-state index contributed by atoms with van der Waals surface area (Å²) in [6, 6.07) is 5.82. The van der Waals surface area contributed by atoms with Gasteiger partial charge in [0, 0.05) is 22.7 Å². The van der Waals surface area contributed by atoms with Crippen molar-refractivity contribution < 1.29 is 13.2 Å². The van der Waals surface area contributed by atoms with Gasteiger partial charge < -0.3 is 0 Å². The van der Waals surface area contributed by atoms with E-state index in [9.17, 15) is 13.2 Å². The minimum Gasteiger partial charge on any atom is -0.294 e. The molecule has 1 aromatic rings. The summed E-state index contributed by atoms with van der Waals surface area (Å²) in [6.07, 6.45) is 2.16. The largest absolute Gasteiger partial charge is 0.294 e. The fraction of sp³-hybridized carbons (Fsp3) is 0.364. The van der Waals surface area contributed by atoms with Crippen molar-refractivity contribution in [3.8, 4) is 0 Å². The summed E-state index contributed by atoms with van der Waals surface area (Å²) >= 11 is 0. The fourth-order valence-electron chi connectivity index (χ4n) is 1.30. The third-order valence-corrected chi connectivity index (χ3v) is 3.55. The smallest absolute Gasteiger partial charge is 0.261 e. The number of Topliss-reactive ketones (excluding diaryl/α,β-unsaturated/α-hetero) is 1. The molecule has 0 N–H and O–H groups in total. The third kappa shape index (κ3) is 3.61. The molecule has 16 heavy (non-hydrogen) atoms.